The molecule has 0 aromatic rings. The summed E-state index contributed by atoms with van der Waals surface area (Å²) in [5, 5.41) is 0. The standard InChI is InChI=1S/C11H19NO2/c1-11(2,3)14-10(13)9-12-7-5-4-6-8-12/h4-5H,6-9H2,1-3H3. The first-order valence-electron chi connectivity index (χ1n) is 5.06. The fourth-order valence-corrected chi connectivity index (χ4v) is 1.39. The molecule has 3 nitrogen and oxygen atoms in total. The van der Waals surface area contributed by atoms with Gasteiger partial charge >= 0.3 is 5.97 Å². The molecular formula is C11H19NO2. The first-order valence-corrected chi connectivity index (χ1v) is 5.06. The van der Waals surface area contributed by atoms with Crippen molar-refractivity contribution in [3.8, 4) is 0 Å². The maximum atomic E-state index is 11.4. The van der Waals surface area contributed by atoms with Gasteiger partial charge in [0.25, 0.3) is 0 Å². The van der Waals surface area contributed by atoms with Crippen molar-refractivity contribution in [1.29, 1.82) is 0 Å². The first-order chi connectivity index (χ1) is 6.47. The van der Waals surface area contributed by atoms with E-state index in [0.717, 1.165) is 19.5 Å². The second kappa shape index (κ2) is 4.60. The third-order valence-electron chi connectivity index (χ3n) is 1.91. The second-order valence-corrected chi connectivity index (χ2v) is 4.58. The van der Waals surface area contributed by atoms with E-state index in [1.165, 1.54) is 0 Å². The summed E-state index contributed by atoms with van der Waals surface area (Å²) in [6.07, 6.45) is 5.27. The van der Waals surface area contributed by atoms with Crippen LogP contribution >= 0.6 is 0 Å². The molecule has 0 N–H and O–H groups in total. The summed E-state index contributed by atoms with van der Waals surface area (Å²) in [6.45, 7) is 7.89. The van der Waals surface area contributed by atoms with Crippen LogP contribution in [0.5, 0.6) is 0 Å². The molecule has 0 aromatic carbocycles. The van der Waals surface area contributed by atoms with Crippen molar-refractivity contribution in [3.05, 3.63) is 12.2 Å². The highest BCUT2D eigenvalue weighted by molar-refractivity contribution is 5.72. The fourth-order valence-electron chi connectivity index (χ4n) is 1.39. The molecule has 0 fully saturated rings. The minimum atomic E-state index is -0.372. The molecule has 1 aliphatic heterocycles. The number of ether oxygens (including phenoxy) is 1. The predicted octanol–water partition coefficient (Wildman–Crippen LogP) is 1.59. The highest BCUT2D eigenvalue weighted by Gasteiger charge is 2.18. The maximum Gasteiger partial charge on any atom is 0.320 e. The van der Waals surface area contributed by atoms with Crippen LogP contribution in [0.1, 0.15) is 27.2 Å². The molecule has 0 bridgehead atoms. The van der Waals surface area contributed by atoms with Crippen LogP contribution in [0.3, 0.4) is 0 Å². The molecule has 1 aliphatic rings. The van der Waals surface area contributed by atoms with Crippen molar-refractivity contribution in [2.75, 3.05) is 19.6 Å². The van der Waals surface area contributed by atoms with E-state index in [1.807, 2.05) is 20.8 Å². The van der Waals surface area contributed by atoms with Crippen molar-refractivity contribution in [1.82, 2.24) is 4.90 Å². The number of esters is 1. The molecule has 0 aromatic heterocycles. The maximum absolute atomic E-state index is 11.4. The Hall–Kier alpha value is -0.830. The number of carbonyl (C=O) groups excluding carboxylic acids is 1. The van der Waals surface area contributed by atoms with Gasteiger partial charge in [0, 0.05) is 13.1 Å². The molecule has 0 amide bonds. The number of hydrogen-bond acceptors (Lipinski definition) is 3. The Balaban J connectivity index is 2.30. The second-order valence-electron chi connectivity index (χ2n) is 4.58. The molecule has 0 saturated carbocycles. The van der Waals surface area contributed by atoms with E-state index < -0.39 is 0 Å². The van der Waals surface area contributed by atoms with Crippen LogP contribution < -0.4 is 0 Å². The van der Waals surface area contributed by atoms with Gasteiger partial charge < -0.3 is 4.74 Å². The van der Waals surface area contributed by atoms with Crippen LogP contribution in [0, 0.1) is 0 Å². The van der Waals surface area contributed by atoms with E-state index in [1.54, 1.807) is 0 Å². The van der Waals surface area contributed by atoms with Gasteiger partial charge in [-0.2, -0.15) is 0 Å². The van der Waals surface area contributed by atoms with Gasteiger partial charge in [-0.05, 0) is 27.2 Å². The van der Waals surface area contributed by atoms with Crippen LogP contribution in [0.25, 0.3) is 0 Å². The molecule has 1 rings (SSSR count). The predicted molar refractivity (Wildman–Crippen MR) is 56.0 cm³/mol. The number of hydrogen-bond donors (Lipinski definition) is 0. The summed E-state index contributed by atoms with van der Waals surface area (Å²) in [5.41, 5.74) is -0.372. The van der Waals surface area contributed by atoms with Crippen LogP contribution in [-0.2, 0) is 9.53 Å². The highest BCUT2D eigenvalue weighted by atomic mass is 16.6. The van der Waals surface area contributed by atoms with Crippen LogP contribution in [0.2, 0.25) is 0 Å². The molecule has 1 heterocycles. The number of carbonyl (C=O) groups is 1. The highest BCUT2D eigenvalue weighted by Crippen LogP contribution is 2.08. The van der Waals surface area contributed by atoms with Crippen molar-refractivity contribution in [3.63, 3.8) is 0 Å². The van der Waals surface area contributed by atoms with Gasteiger partial charge in [0.15, 0.2) is 0 Å². The van der Waals surface area contributed by atoms with E-state index >= 15 is 0 Å². The average molecular weight is 197 g/mol. The van der Waals surface area contributed by atoms with Crippen molar-refractivity contribution < 1.29 is 9.53 Å². The van der Waals surface area contributed by atoms with Crippen molar-refractivity contribution >= 4 is 5.97 Å². The molecule has 0 atom stereocenters. The largest absolute Gasteiger partial charge is 0.459 e. The summed E-state index contributed by atoms with van der Waals surface area (Å²) < 4.78 is 5.24. The van der Waals surface area contributed by atoms with E-state index in [-0.39, 0.29) is 11.6 Å². The summed E-state index contributed by atoms with van der Waals surface area (Å²) >= 11 is 0. The molecule has 0 spiro atoms. The molecule has 0 radical (unpaired) electrons. The minimum absolute atomic E-state index is 0.132. The molecule has 0 aliphatic carbocycles. The van der Waals surface area contributed by atoms with Crippen LogP contribution in [0.15, 0.2) is 12.2 Å². The van der Waals surface area contributed by atoms with Gasteiger partial charge in [-0.3, -0.25) is 9.69 Å². The zero-order valence-electron chi connectivity index (χ0n) is 9.25. The van der Waals surface area contributed by atoms with Crippen molar-refractivity contribution in [2.24, 2.45) is 0 Å². The molecule has 3 heteroatoms. The number of rotatable bonds is 2. The van der Waals surface area contributed by atoms with E-state index in [0.29, 0.717) is 6.54 Å². The molecule has 0 unspecified atom stereocenters. The lowest BCUT2D eigenvalue weighted by molar-refractivity contribution is -0.156. The van der Waals surface area contributed by atoms with Gasteiger partial charge in [0.2, 0.25) is 0 Å². The Bertz CT molecular complexity index is 228. The SMILES string of the molecule is CC(C)(C)OC(=O)CN1CC=CCC1. The lowest BCUT2D eigenvalue weighted by atomic mass is 10.2. The summed E-state index contributed by atoms with van der Waals surface area (Å²) in [6, 6.07) is 0. The quantitative estimate of drug-likeness (QED) is 0.497. The molecule has 80 valence electrons. The summed E-state index contributed by atoms with van der Waals surface area (Å²) in [7, 11) is 0. The number of nitrogens with zero attached hydrogens (tertiary/aromatic N) is 1. The van der Waals surface area contributed by atoms with Gasteiger partial charge in [0.05, 0.1) is 6.54 Å². The summed E-state index contributed by atoms with van der Waals surface area (Å²) in [4.78, 5) is 13.5. The molecule has 14 heavy (non-hydrogen) atoms. The van der Waals surface area contributed by atoms with Crippen LogP contribution in [-0.4, -0.2) is 36.1 Å². The lowest BCUT2D eigenvalue weighted by Crippen LogP contribution is -2.36. The van der Waals surface area contributed by atoms with Gasteiger partial charge in [0.1, 0.15) is 5.60 Å². The smallest absolute Gasteiger partial charge is 0.320 e. The Labute approximate surface area is 85.7 Å². The van der Waals surface area contributed by atoms with E-state index in [4.69, 9.17) is 4.74 Å². The first kappa shape index (κ1) is 11.2. The third kappa shape index (κ3) is 4.42. The zero-order valence-corrected chi connectivity index (χ0v) is 9.25. The van der Waals surface area contributed by atoms with Gasteiger partial charge in [-0.25, -0.2) is 0 Å². The third-order valence-corrected chi connectivity index (χ3v) is 1.91. The summed E-state index contributed by atoms with van der Waals surface area (Å²) in [5.74, 6) is -0.132. The Morgan fingerprint density at radius 2 is 2.14 bits per heavy atom. The van der Waals surface area contributed by atoms with E-state index in [9.17, 15) is 4.79 Å². The van der Waals surface area contributed by atoms with Crippen LogP contribution in [0.4, 0.5) is 0 Å². The van der Waals surface area contributed by atoms with Gasteiger partial charge in [-0.1, -0.05) is 12.2 Å². The molecular weight excluding hydrogens is 178 g/mol. The fraction of sp³-hybridized carbons (Fsp3) is 0.727. The Morgan fingerprint density at radius 1 is 1.43 bits per heavy atom. The minimum Gasteiger partial charge on any atom is -0.459 e. The Kier molecular flexibility index (Phi) is 3.69. The van der Waals surface area contributed by atoms with Crippen molar-refractivity contribution in [2.45, 2.75) is 32.8 Å². The van der Waals surface area contributed by atoms with Gasteiger partial charge in [-0.15, -0.1) is 0 Å². The Morgan fingerprint density at radius 3 is 2.64 bits per heavy atom. The average Bonchev–Trinajstić information content (AvgIpc) is 2.02. The van der Waals surface area contributed by atoms with E-state index in [2.05, 4.69) is 17.1 Å². The zero-order chi connectivity index (χ0) is 10.6. The topological polar surface area (TPSA) is 29.5 Å². The molecule has 0 saturated heterocycles. The lowest BCUT2D eigenvalue weighted by Gasteiger charge is -2.25. The monoisotopic (exact) mass is 197 g/mol. The normalized spacial score (nSPS) is 18.2.